The molecule has 1 rings (SSSR count). The fraction of sp³-hybridized carbons (Fsp3) is 0.429. The van der Waals surface area contributed by atoms with E-state index >= 15 is 0 Å². The normalized spacial score (nSPS) is 13.4. The summed E-state index contributed by atoms with van der Waals surface area (Å²) in [5.74, 6) is 0.697. The molecule has 0 aromatic carbocycles. The minimum Gasteiger partial charge on any atom is -0.465 e. The SMILES string of the molecule is CCC(N)c1occc1N. The van der Waals surface area contributed by atoms with Crippen molar-refractivity contribution in [2.24, 2.45) is 5.73 Å². The van der Waals surface area contributed by atoms with Gasteiger partial charge in [-0.25, -0.2) is 0 Å². The number of rotatable bonds is 2. The highest BCUT2D eigenvalue weighted by atomic mass is 16.3. The summed E-state index contributed by atoms with van der Waals surface area (Å²) in [4.78, 5) is 0. The van der Waals surface area contributed by atoms with Gasteiger partial charge in [0.2, 0.25) is 0 Å². The van der Waals surface area contributed by atoms with E-state index in [1.165, 1.54) is 0 Å². The van der Waals surface area contributed by atoms with Crippen molar-refractivity contribution in [3.8, 4) is 0 Å². The van der Waals surface area contributed by atoms with Gasteiger partial charge in [0.1, 0.15) is 5.76 Å². The minimum absolute atomic E-state index is 0.0602. The third-order valence-electron chi connectivity index (χ3n) is 1.50. The molecule has 0 aliphatic carbocycles. The van der Waals surface area contributed by atoms with E-state index in [1.54, 1.807) is 12.3 Å². The predicted octanol–water partition coefficient (Wildman–Crippen LogP) is 1.27. The Labute approximate surface area is 60.0 Å². The second-order valence-corrected chi connectivity index (χ2v) is 2.25. The van der Waals surface area contributed by atoms with Crippen LogP contribution in [0.25, 0.3) is 0 Å². The van der Waals surface area contributed by atoms with Crippen molar-refractivity contribution in [2.45, 2.75) is 19.4 Å². The fourth-order valence-electron chi connectivity index (χ4n) is 0.818. The first-order valence-corrected chi connectivity index (χ1v) is 3.34. The molecular formula is C7H12N2O. The van der Waals surface area contributed by atoms with Crippen molar-refractivity contribution < 1.29 is 4.42 Å². The van der Waals surface area contributed by atoms with E-state index in [0.29, 0.717) is 11.4 Å². The van der Waals surface area contributed by atoms with Gasteiger partial charge in [-0.3, -0.25) is 0 Å². The van der Waals surface area contributed by atoms with E-state index in [1.807, 2.05) is 6.92 Å². The van der Waals surface area contributed by atoms with Crippen LogP contribution >= 0.6 is 0 Å². The van der Waals surface area contributed by atoms with Gasteiger partial charge in [-0.05, 0) is 12.5 Å². The maximum atomic E-state index is 5.67. The van der Waals surface area contributed by atoms with Crippen molar-refractivity contribution in [1.82, 2.24) is 0 Å². The Morgan fingerprint density at radius 1 is 1.70 bits per heavy atom. The largest absolute Gasteiger partial charge is 0.465 e. The molecule has 0 saturated heterocycles. The van der Waals surface area contributed by atoms with Crippen LogP contribution < -0.4 is 11.5 Å². The van der Waals surface area contributed by atoms with E-state index < -0.39 is 0 Å². The van der Waals surface area contributed by atoms with E-state index in [2.05, 4.69) is 0 Å². The fourth-order valence-corrected chi connectivity index (χ4v) is 0.818. The van der Waals surface area contributed by atoms with Gasteiger partial charge in [-0.2, -0.15) is 0 Å². The standard InChI is InChI=1S/C7H12N2O/c1-2-5(8)7-6(9)3-4-10-7/h3-5H,2,8-9H2,1H3. The van der Waals surface area contributed by atoms with Crippen molar-refractivity contribution >= 4 is 5.69 Å². The maximum Gasteiger partial charge on any atom is 0.143 e. The van der Waals surface area contributed by atoms with Gasteiger partial charge >= 0.3 is 0 Å². The quantitative estimate of drug-likeness (QED) is 0.650. The lowest BCUT2D eigenvalue weighted by Crippen LogP contribution is -2.09. The molecule has 0 radical (unpaired) electrons. The van der Waals surface area contributed by atoms with Crippen LogP contribution in [0.1, 0.15) is 25.1 Å². The van der Waals surface area contributed by atoms with Crippen LogP contribution in [-0.4, -0.2) is 0 Å². The molecular weight excluding hydrogens is 128 g/mol. The Morgan fingerprint density at radius 3 is 2.80 bits per heavy atom. The zero-order valence-electron chi connectivity index (χ0n) is 6.00. The molecule has 10 heavy (non-hydrogen) atoms. The van der Waals surface area contributed by atoms with Crippen LogP contribution in [0.2, 0.25) is 0 Å². The van der Waals surface area contributed by atoms with Gasteiger partial charge in [0.05, 0.1) is 18.0 Å². The second kappa shape index (κ2) is 2.75. The molecule has 56 valence electrons. The number of anilines is 1. The Kier molecular flexibility index (Phi) is 1.97. The number of nitrogens with two attached hydrogens (primary N) is 2. The lowest BCUT2D eigenvalue weighted by atomic mass is 10.2. The number of hydrogen-bond donors (Lipinski definition) is 2. The molecule has 0 fully saturated rings. The summed E-state index contributed by atoms with van der Waals surface area (Å²) in [6.45, 7) is 1.99. The Morgan fingerprint density at radius 2 is 2.40 bits per heavy atom. The molecule has 0 amide bonds. The minimum atomic E-state index is -0.0602. The molecule has 3 nitrogen and oxygen atoms in total. The van der Waals surface area contributed by atoms with Crippen molar-refractivity contribution in [2.75, 3.05) is 5.73 Å². The van der Waals surface area contributed by atoms with Gasteiger partial charge in [0.25, 0.3) is 0 Å². The van der Waals surface area contributed by atoms with E-state index in [-0.39, 0.29) is 6.04 Å². The molecule has 1 atom stereocenters. The second-order valence-electron chi connectivity index (χ2n) is 2.25. The van der Waals surface area contributed by atoms with Gasteiger partial charge in [0, 0.05) is 0 Å². The third-order valence-corrected chi connectivity index (χ3v) is 1.50. The topological polar surface area (TPSA) is 65.2 Å². The van der Waals surface area contributed by atoms with Gasteiger partial charge in [-0.15, -0.1) is 0 Å². The summed E-state index contributed by atoms with van der Waals surface area (Å²) >= 11 is 0. The Balaban J connectivity index is 2.82. The van der Waals surface area contributed by atoms with E-state index in [4.69, 9.17) is 15.9 Å². The average molecular weight is 140 g/mol. The van der Waals surface area contributed by atoms with Crippen LogP contribution in [0, 0.1) is 0 Å². The molecule has 0 spiro atoms. The van der Waals surface area contributed by atoms with Crippen LogP contribution in [0.15, 0.2) is 16.7 Å². The van der Waals surface area contributed by atoms with E-state index in [9.17, 15) is 0 Å². The number of hydrogen-bond acceptors (Lipinski definition) is 3. The monoisotopic (exact) mass is 140 g/mol. The molecule has 1 unspecified atom stereocenters. The molecule has 1 aromatic heterocycles. The number of furan rings is 1. The summed E-state index contributed by atoms with van der Waals surface area (Å²) in [6.07, 6.45) is 2.40. The van der Waals surface area contributed by atoms with Crippen molar-refractivity contribution in [1.29, 1.82) is 0 Å². The molecule has 0 saturated carbocycles. The first kappa shape index (κ1) is 7.15. The summed E-state index contributed by atoms with van der Waals surface area (Å²) < 4.78 is 5.07. The summed E-state index contributed by atoms with van der Waals surface area (Å²) in [6, 6.07) is 1.65. The van der Waals surface area contributed by atoms with Crippen LogP contribution in [0.4, 0.5) is 5.69 Å². The first-order chi connectivity index (χ1) is 4.75. The molecule has 1 heterocycles. The lowest BCUT2D eigenvalue weighted by Gasteiger charge is -2.04. The summed E-state index contributed by atoms with van der Waals surface area (Å²) in [5, 5.41) is 0. The molecule has 0 aliphatic heterocycles. The molecule has 0 bridgehead atoms. The lowest BCUT2D eigenvalue weighted by molar-refractivity contribution is 0.462. The van der Waals surface area contributed by atoms with Crippen molar-refractivity contribution in [3.05, 3.63) is 18.1 Å². The zero-order chi connectivity index (χ0) is 7.56. The third kappa shape index (κ3) is 1.14. The van der Waals surface area contributed by atoms with Crippen LogP contribution in [-0.2, 0) is 0 Å². The van der Waals surface area contributed by atoms with E-state index in [0.717, 1.165) is 6.42 Å². The Hall–Kier alpha value is -0.960. The predicted molar refractivity (Wildman–Crippen MR) is 40.3 cm³/mol. The summed E-state index contributed by atoms with van der Waals surface area (Å²) in [7, 11) is 0. The molecule has 0 aliphatic rings. The van der Waals surface area contributed by atoms with Gasteiger partial charge in [-0.1, -0.05) is 6.92 Å². The smallest absolute Gasteiger partial charge is 0.143 e. The maximum absolute atomic E-state index is 5.67. The molecule has 3 heteroatoms. The highest BCUT2D eigenvalue weighted by Crippen LogP contribution is 2.20. The van der Waals surface area contributed by atoms with Crippen molar-refractivity contribution in [3.63, 3.8) is 0 Å². The summed E-state index contributed by atoms with van der Waals surface area (Å²) in [5.41, 5.74) is 11.9. The highest BCUT2D eigenvalue weighted by molar-refractivity contribution is 5.42. The van der Waals surface area contributed by atoms with Gasteiger partial charge < -0.3 is 15.9 Å². The first-order valence-electron chi connectivity index (χ1n) is 3.34. The van der Waals surface area contributed by atoms with Crippen LogP contribution in [0.5, 0.6) is 0 Å². The molecule has 1 aromatic rings. The number of nitrogen functional groups attached to an aromatic ring is 1. The van der Waals surface area contributed by atoms with Crippen LogP contribution in [0.3, 0.4) is 0 Å². The van der Waals surface area contributed by atoms with Gasteiger partial charge in [0.15, 0.2) is 0 Å². The Bertz CT molecular complexity index is 207. The molecule has 4 N–H and O–H groups in total. The zero-order valence-corrected chi connectivity index (χ0v) is 6.00. The highest BCUT2D eigenvalue weighted by Gasteiger charge is 2.09. The average Bonchev–Trinajstić information content (AvgIpc) is 2.34.